The molecule has 1 fully saturated rings. The first-order valence-corrected chi connectivity index (χ1v) is 9.72. The number of aromatic nitrogens is 3. The van der Waals surface area contributed by atoms with Crippen LogP contribution in [0.25, 0.3) is 5.65 Å². The van der Waals surface area contributed by atoms with Crippen molar-refractivity contribution in [1.82, 2.24) is 14.6 Å². The van der Waals surface area contributed by atoms with E-state index >= 15 is 0 Å². The van der Waals surface area contributed by atoms with Gasteiger partial charge in [-0.3, -0.25) is 4.79 Å². The van der Waals surface area contributed by atoms with E-state index in [2.05, 4.69) is 15.4 Å². The highest BCUT2D eigenvalue weighted by molar-refractivity contribution is 6.31. The highest BCUT2D eigenvalue weighted by Gasteiger charge is 2.20. The number of nitrogens with one attached hydrogen (secondary N) is 1. The Morgan fingerprint density at radius 1 is 1.29 bits per heavy atom. The SMILES string of the molecule is O=C(Nc1cc(Cl)ccc1OC1CCCCC1)c1cnn2cc(CO)cnc12. The number of fused-ring (bicyclic) bond motifs is 1. The smallest absolute Gasteiger partial charge is 0.261 e. The van der Waals surface area contributed by atoms with Gasteiger partial charge in [0.05, 0.1) is 24.6 Å². The van der Waals surface area contributed by atoms with E-state index in [0.29, 0.717) is 33.2 Å². The molecule has 1 aromatic carbocycles. The van der Waals surface area contributed by atoms with Crippen LogP contribution in [0, 0.1) is 0 Å². The zero-order chi connectivity index (χ0) is 19.5. The van der Waals surface area contributed by atoms with E-state index in [1.807, 2.05) is 0 Å². The third kappa shape index (κ3) is 3.95. The van der Waals surface area contributed by atoms with Crippen LogP contribution in [0.3, 0.4) is 0 Å². The molecule has 1 aliphatic rings. The number of aliphatic hydroxyl groups is 1. The minimum Gasteiger partial charge on any atom is -0.488 e. The summed E-state index contributed by atoms with van der Waals surface area (Å²) in [4.78, 5) is 17.1. The zero-order valence-electron chi connectivity index (χ0n) is 15.3. The Kier molecular flexibility index (Phi) is 5.45. The van der Waals surface area contributed by atoms with E-state index in [0.717, 1.165) is 25.7 Å². The summed E-state index contributed by atoms with van der Waals surface area (Å²) in [5.74, 6) is 0.256. The number of hydrogen-bond acceptors (Lipinski definition) is 5. The van der Waals surface area contributed by atoms with Crippen molar-refractivity contribution in [2.24, 2.45) is 0 Å². The molecule has 4 rings (SSSR count). The first-order chi connectivity index (χ1) is 13.6. The lowest BCUT2D eigenvalue weighted by molar-refractivity contribution is 0.102. The summed E-state index contributed by atoms with van der Waals surface area (Å²) < 4.78 is 7.61. The number of aliphatic hydroxyl groups excluding tert-OH is 1. The van der Waals surface area contributed by atoms with Crippen molar-refractivity contribution in [3.63, 3.8) is 0 Å². The normalized spacial score (nSPS) is 14.9. The summed E-state index contributed by atoms with van der Waals surface area (Å²) in [5, 5.41) is 16.7. The quantitative estimate of drug-likeness (QED) is 0.679. The Bertz CT molecular complexity index is 998. The fraction of sp³-hybridized carbons (Fsp3) is 0.350. The van der Waals surface area contributed by atoms with E-state index in [-0.39, 0.29) is 18.6 Å². The Hall–Kier alpha value is -2.64. The number of ether oxygens (including phenoxy) is 1. The predicted octanol–water partition coefficient (Wildman–Crippen LogP) is 3.84. The molecule has 0 radical (unpaired) electrons. The average Bonchev–Trinajstić information content (AvgIpc) is 3.14. The minimum atomic E-state index is -0.352. The summed E-state index contributed by atoms with van der Waals surface area (Å²) in [5.41, 5.74) is 1.87. The molecule has 0 unspecified atom stereocenters. The van der Waals surface area contributed by atoms with Crippen LogP contribution in [0.4, 0.5) is 5.69 Å². The lowest BCUT2D eigenvalue weighted by atomic mass is 9.98. The predicted molar refractivity (Wildman–Crippen MR) is 106 cm³/mol. The molecule has 1 aliphatic carbocycles. The molecule has 0 bridgehead atoms. The van der Waals surface area contributed by atoms with Crippen LogP contribution in [0.15, 0.2) is 36.8 Å². The second-order valence-corrected chi connectivity index (χ2v) is 7.36. The fourth-order valence-corrected chi connectivity index (χ4v) is 3.58. The molecule has 3 aromatic rings. The second-order valence-electron chi connectivity index (χ2n) is 6.92. The monoisotopic (exact) mass is 400 g/mol. The molecular formula is C20H21ClN4O3. The number of benzene rings is 1. The van der Waals surface area contributed by atoms with Gasteiger partial charge in [-0.2, -0.15) is 5.10 Å². The van der Waals surface area contributed by atoms with E-state index < -0.39 is 0 Å². The van der Waals surface area contributed by atoms with Crippen molar-refractivity contribution < 1.29 is 14.6 Å². The Labute approximate surface area is 167 Å². The molecule has 0 saturated heterocycles. The van der Waals surface area contributed by atoms with Crippen LogP contribution >= 0.6 is 11.6 Å². The number of carbonyl (C=O) groups is 1. The fourth-order valence-electron chi connectivity index (χ4n) is 3.41. The summed E-state index contributed by atoms with van der Waals surface area (Å²) in [6.07, 6.45) is 10.3. The van der Waals surface area contributed by atoms with E-state index in [9.17, 15) is 9.90 Å². The summed E-state index contributed by atoms with van der Waals surface area (Å²) in [7, 11) is 0. The highest BCUT2D eigenvalue weighted by atomic mass is 35.5. The number of hydrogen-bond donors (Lipinski definition) is 2. The van der Waals surface area contributed by atoms with Crippen LogP contribution in [0.5, 0.6) is 5.75 Å². The standard InChI is InChI=1S/C20H21ClN4O3/c21-14-6-7-18(28-15-4-2-1-3-5-15)17(8-14)24-20(27)16-10-23-25-11-13(12-26)9-22-19(16)25/h6-11,15,26H,1-5,12H2,(H,24,27). The molecular weight excluding hydrogens is 380 g/mol. The molecule has 8 heteroatoms. The third-order valence-electron chi connectivity index (χ3n) is 4.87. The van der Waals surface area contributed by atoms with Gasteiger partial charge in [0, 0.05) is 23.0 Å². The van der Waals surface area contributed by atoms with Crippen LogP contribution < -0.4 is 10.1 Å². The first-order valence-electron chi connectivity index (χ1n) is 9.35. The molecule has 2 heterocycles. The van der Waals surface area contributed by atoms with Crippen LogP contribution in [0.1, 0.15) is 48.0 Å². The average molecular weight is 401 g/mol. The van der Waals surface area contributed by atoms with Gasteiger partial charge in [-0.25, -0.2) is 9.50 Å². The van der Waals surface area contributed by atoms with E-state index in [1.165, 1.54) is 23.3 Å². The van der Waals surface area contributed by atoms with Crippen LogP contribution in [-0.4, -0.2) is 31.7 Å². The van der Waals surface area contributed by atoms with Crippen LogP contribution in [0.2, 0.25) is 5.02 Å². The van der Waals surface area contributed by atoms with Crippen molar-refractivity contribution in [2.75, 3.05) is 5.32 Å². The van der Waals surface area contributed by atoms with Gasteiger partial charge < -0.3 is 15.2 Å². The number of halogens is 1. The molecule has 0 aliphatic heterocycles. The minimum absolute atomic E-state index is 0.144. The Morgan fingerprint density at radius 3 is 2.89 bits per heavy atom. The van der Waals surface area contributed by atoms with Gasteiger partial charge in [0.15, 0.2) is 5.65 Å². The number of anilines is 1. The molecule has 2 N–H and O–H groups in total. The first kappa shape index (κ1) is 18.7. The third-order valence-corrected chi connectivity index (χ3v) is 5.11. The highest BCUT2D eigenvalue weighted by Crippen LogP contribution is 2.32. The number of rotatable bonds is 5. The summed E-state index contributed by atoms with van der Waals surface area (Å²) >= 11 is 6.14. The maximum absolute atomic E-state index is 12.8. The molecule has 1 saturated carbocycles. The van der Waals surface area contributed by atoms with Gasteiger partial charge in [0.1, 0.15) is 11.3 Å². The summed E-state index contributed by atoms with van der Waals surface area (Å²) in [6, 6.07) is 5.22. The van der Waals surface area contributed by atoms with Gasteiger partial charge in [0.2, 0.25) is 0 Å². The van der Waals surface area contributed by atoms with E-state index in [4.69, 9.17) is 16.3 Å². The van der Waals surface area contributed by atoms with Gasteiger partial charge in [0.25, 0.3) is 5.91 Å². The lowest BCUT2D eigenvalue weighted by Crippen LogP contribution is -2.21. The summed E-state index contributed by atoms with van der Waals surface area (Å²) in [6.45, 7) is -0.144. The Balaban J connectivity index is 1.58. The largest absolute Gasteiger partial charge is 0.488 e. The van der Waals surface area contributed by atoms with Gasteiger partial charge >= 0.3 is 0 Å². The van der Waals surface area contributed by atoms with Gasteiger partial charge in [-0.15, -0.1) is 0 Å². The maximum atomic E-state index is 12.8. The molecule has 0 spiro atoms. The molecule has 2 aromatic heterocycles. The molecule has 7 nitrogen and oxygen atoms in total. The lowest BCUT2D eigenvalue weighted by Gasteiger charge is -2.24. The second kappa shape index (κ2) is 8.16. The number of amides is 1. The van der Waals surface area contributed by atoms with Gasteiger partial charge in [-0.05, 0) is 43.9 Å². The van der Waals surface area contributed by atoms with Crippen LogP contribution in [-0.2, 0) is 6.61 Å². The molecule has 1 amide bonds. The van der Waals surface area contributed by atoms with E-state index in [1.54, 1.807) is 24.4 Å². The van der Waals surface area contributed by atoms with Crippen molar-refractivity contribution >= 4 is 28.8 Å². The van der Waals surface area contributed by atoms with Crippen molar-refractivity contribution in [3.05, 3.63) is 52.9 Å². The van der Waals surface area contributed by atoms with Gasteiger partial charge in [-0.1, -0.05) is 18.0 Å². The zero-order valence-corrected chi connectivity index (χ0v) is 16.0. The van der Waals surface area contributed by atoms with Crippen molar-refractivity contribution in [3.8, 4) is 5.75 Å². The topological polar surface area (TPSA) is 88.8 Å². The Morgan fingerprint density at radius 2 is 2.11 bits per heavy atom. The molecule has 146 valence electrons. The molecule has 0 atom stereocenters. The van der Waals surface area contributed by atoms with Crippen molar-refractivity contribution in [1.29, 1.82) is 0 Å². The maximum Gasteiger partial charge on any atom is 0.261 e. The molecule has 28 heavy (non-hydrogen) atoms. The van der Waals surface area contributed by atoms with Crippen molar-refractivity contribution in [2.45, 2.75) is 44.8 Å². The number of carbonyl (C=O) groups excluding carboxylic acids is 1. The number of nitrogens with zero attached hydrogens (tertiary/aromatic N) is 3.